The van der Waals surface area contributed by atoms with Crippen LogP contribution in [0.3, 0.4) is 0 Å². The quantitative estimate of drug-likeness (QED) is 0.839. The molecule has 3 nitrogen and oxygen atoms in total. The molecule has 18 heavy (non-hydrogen) atoms. The number of rotatable bonds is 6. The summed E-state index contributed by atoms with van der Waals surface area (Å²) in [7, 11) is 2.03. The monoisotopic (exact) mass is 246 g/mol. The van der Waals surface area contributed by atoms with E-state index in [2.05, 4.69) is 24.8 Å². The van der Waals surface area contributed by atoms with Gasteiger partial charge >= 0.3 is 0 Å². The van der Waals surface area contributed by atoms with Crippen LogP contribution >= 0.6 is 0 Å². The SMILES string of the molecule is CCC(C)CN(C)CC(O)c1ccc(C#N)cc1. The van der Waals surface area contributed by atoms with Gasteiger partial charge in [0, 0.05) is 13.1 Å². The van der Waals surface area contributed by atoms with Crippen molar-refractivity contribution in [2.75, 3.05) is 20.1 Å². The second-order valence-corrected chi connectivity index (χ2v) is 4.98. The fourth-order valence-corrected chi connectivity index (χ4v) is 1.92. The fraction of sp³-hybridized carbons (Fsp3) is 0.533. The van der Waals surface area contributed by atoms with E-state index < -0.39 is 6.10 Å². The number of aliphatic hydroxyl groups excluding tert-OH is 1. The molecule has 0 saturated heterocycles. The molecule has 1 aromatic rings. The fourth-order valence-electron chi connectivity index (χ4n) is 1.92. The molecule has 0 fully saturated rings. The summed E-state index contributed by atoms with van der Waals surface area (Å²) >= 11 is 0. The number of aliphatic hydroxyl groups is 1. The summed E-state index contributed by atoms with van der Waals surface area (Å²) in [6.07, 6.45) is 0.656. The van der Waals surface area contributed by atoms with Gasteiger partial charge in [0.05, 0.1) is 17.7 Å². The third-order valence-corrected chi connectivity index (χ3v) is 3.23. The van der Waals surface area contributed by atoms with Gasteiger partial charge in [0.1, 0.15) is 0 Å². The maximum atomic E-state index is 10.1. The number of benzene rings is 1. The molecule has 2 unspecified atom stereocenters. The summed E-state index contributed by atoms with van der Waals surface area (Å²) in [5, 5.41) is 18.8. The number of nitrogens with zero attached hydrogens (tertiary/aromatic N) is 2. The van der Waals surface area contributed by atoms with Crippen molar-refractivity contribution in [3.63, 3.8) is 0 Å². The average Bonchev–Trinajstić information content (AvgIpc) is 2.38. The molecule has 3 heteroatoms. The molecular formula is C15H22N2O. The highest BCUT2D eigenvalue weighted by Crippen LogP contribution is 2.15. The molecule has 2 atom stereocenters. The van der Waals surface area contributed by atoms with Gasteiger partial charge in [0.15, 0.2) is 0 Å². The lowest BCUT2D eigenvalue weighted by molar-refractivity contribution is 0.119. The van der Waals surface area contributed by atoms with Crippen molar-refractivity contribution in [2.45, 2.75) is 26.4 Å². The number of nitriles is 1. The smallest absolute Gasteiger partial charge is 0.0991 e. The van der Waals surface area contributed by atoms with Crippen molar-refractivity contribution < 1.29 is 5.11 Å². The molecule has 0 aliphatic carbocycles. The van der Waals surface area contributed by atoms with Crippen LogP contribution in [0.4, 0.5) is 0 Å². The standard InChI is InChI=1S/C15H22N2O/c1-4-12(2)10-17(3)11-15(18)14-7-5-13(9-16)6-8-14/h5-8,12,15,18H,4,10-11H2,1-3H3. The molecule has 0 amide bonds. The maximum absolute atomic E-state index is 10.1. The molecule has 0 aromatic heterocycles. The lowest BCUT2D eigenvalue weighted by Crippen LogP contribution is -2.28. The molecule has 0 radical (unpaired) electrons. The van der Waals surface area contributed by atoms with E-state index in [9.17, 15) is 5.11 Å². The first-order chi connectivity index (χ1) is 8.56. The van der Waals surface area contributed by atoms with Crippen LogP contribution in [-0.2, 0) is 0 Å². The number of likely N-dealkylation sites (N-methyl/N-ethyl adjacent to an activating group) is 1. The summed E-state index contributed by atoms with van der Waals surface area (Å²) in [4.78, 5) is 2.15. The zero-order chi connectivity index (χ0) is 13.5. The van der Waals surface area contributed by atoms with Gasteiger partial charge in [-0.25, -0.2) is 0 Å². The summed E-state index contributed by atoms with van der Waals surface area (Å²) in [6, 6.07) is 9.20. The Morgan fingerprint density at radius 2 is 1.89 bits per heavy atom. The van der Waals surface area contributed by atoms with Crippen molar-refractivity contribution >= 4 is 0 Å². The molecule has 0 spiro atoms. The Balaban J connectivity index is 2.53. The van der Waals surface area contributed by atoms with Crippen molar-refractivity contribution in [1.29, 1.82) is 5.26 Å². The average molecular weight is 246 g/mol. The van der Waals surface area contributed by atoms with E-state index in [0.29, 0.717) is 18.0 Å². The van der Waals surface area contributed by atoms with E-state index in [-0.39, 0.29) is 0 Å². The van der Waals surface area contributed by atoms with Gasteiger partial charge in [-0.15, -0.1) is 0 Å². The normalized spacial score (nSPS) is 14.2. The van der Waals surface area contributed by atoms with Gasteiger partial charge < -0.3 is 10.0 Å². The van der Waals surface area contributed by atoms with Gasteiger partial charge in [-0.2, -0.15) is 5.26 Å². The lowest BCUT2D eigenvalue weighted by atomic mass is 10.1. The van der Waals surface area contributed by atoms with Crippen LogP contribution in [0.15, 0.2) is 24.3 Å². The molecule has 1 rings (SSSR count). The van der Waals surface area contributed by atoms with Crippen LogP contribution in [0.25, 0.3) is 0 Å². The van der Waals surface area contributed by atoms with Crippen LogP contribution < -0.4 is 0 Å². The summed E-state index contributed by atoms with van der Waals surface area (Å²) < 4.78 is 0. The van der Waals surface area contributed by atoms with E-state index >= 15 is 0 Å². The molecule has 0 aliphatic rings. The van der Waals surface area contributed by atoms with Crippen molar-refractivity contribution in [3.05, 3.63) is 35.4 Å². The zero-order valence-corrected chi connectivity index (χ0v) is 11.4. The Bertz CT molecular complexity index is 394. The second kappa shape index (κ2) is 7.15. The summed E-state index contributed by atoms with van der Waals surface area (Å²) in [5.74, 6) is 0.642. The molecule has 1 N–H and O–H groups in total. The highest BCUT2D eigenvalue weighted by Gasteiger charge is 2.12. The van der Waals surface area contributed by atoms with Crippen LogP contribution in [0, 0.1) is 17.2 Å². The van der Waals surface area contributed by atoms with E-state index in [4.69, 9.17) is 5.26 Å². The Hall–Kier alpha value is -1.37. The minimum Gasteiger partial charge on any atom is -0.387 e. The van der Waals surface area contributed by atoms with Gasteiger partial charge in [-0.1, -0.05) is 32.4 Å². The van der Waals surface area contributed by atoms with Crippen LogP contribution in [0.5, 0.6) is 0 Å². The van der Waals surface area contributed by atoms with Crippen molar-refractivity contribution in [2.24, 2.45) is 5.92 Å². The van der Waals surface area contributed by atoms with E-state index in [0.717, 1.165) is 18.5 Å². The minimum atomic E-state index is -0.494. The molecule has 0 saturated carbocycles. The van der Waals surface area contributed by atoms with Gasteiger partial charge in [-0.3, -0.25) is 0 Å². The first-order valence-corrected chi connectivity index (χ1v) is 6.43. The van der Waals surface area contributed by atoms with Gasteiger partial charge in [-0.05, 0) is 30.7 Å². The third kappa shape index (κ3) is 4.48. The molecule has 0 heterocycles. The van der Waals surface area contributed by atoms with E-state index in [1.807, 2.05) is 19.2 Å². The molecular weight excluding hydrogens is 224 g/mol. The zero-order valence-electron chi connectivity index (χ0n) is 11.4. The molecule has 1 aromatic carbocycles. The predicted molar refractivity (Wildman–Crippen MR) is 73.1 cm³/mol. The largest absolute Gasteiger partial charge is 0.387 e. The highest BCUT2D eigenvalue weighted by molar-refractivity contribution is 5.32. The van der Waals surface area contributed by atoms with Crippen molar-refractivity contribution in [3.8, 4) is 6.07 Å². The molecule has 0 aliphatic heterocycles. The highest BCUT2D eigenvalue weighted by atomic mass is 16.3. The molecule has 98 valence electrons. The Labute approximate surface area is 110 Å². The first kappa shape index (κ1) is 14.7. The Morgan fingerprint density at radius 1 is 1.28 bits per heavy atom. The van der Waals surface area contributed by atoms with Crippen LogP contribution in [0.1, 0.15) is 37.5 Å². The number of hydrogen-bond acceptors (Lipinski definition) is 3. The number of hydrogen-bond donors (Lipinski definition) is 1. The minimum absolute atomic E-state index is 0.494. The van der Waals surface area contributed by atoms with E-state index in [1.165, 1.54) is 0 Å². The lowest BCUT2D eigenvalue weighted by Gasteiger charge is -2.23. The Morgan fingerprint density at radius 3 is 2.39 bits per heavy atom. The summed E-state index contributed by atoms with van der Waals surface area (Å²) in [6.45, 7) is 6.00. The summed E-state index contributed by atoms with van der Waals surface area (Å²) in [5.41, 5.74) is 1.49. The second-order valence-electron chi connectivity index (χ2n) is 4.98. The predicted octanol–water partition coefficient (Wildman–Crippen LogP) is 2.57. The maximum Gasteiger partial charge on any atom is 0.0991 e. The van der Waals surface area contributed by atoms with Crippen LogP contribution in [0.2, 0.25) is 0 Å². The topological polar surface area (TPSA) is 47.3 Å². The third-order valence-electron chi connectivity index (χ3n) is 3.23. The van der Waals surface area contributed by atoms with Crippen LogP contribution in [-0.4, -0.2) is 30.1 Å². The van der Waals surface area contributed by atoms with Crippen molar-refractivity contribution in [1.82, 2.24) is 4.90 Å². The van der Waals surface area contributed by atoms with E-state index in [1.54, 1.807) is 12.1 Å². The van der Waals surface area contributed by atoms with Gasteiger partial charge in [0.2, 0.25) is 0 Å². The Kier molecular flexibility index (Phi) is 5.84. The first-order valence-electron chi connectivity index (χ1n) is 6.43. The van der Waals surface area contributed by atoms with Gasteiger partial charge in [0.25, 0.3) is 0 Å². The molecule has 0 bridgehead atoms.